The smallest absolute Gasteiger partial charge is 0.278 e. The van der Waals surface area contributed by atoms with Crippen molar-refractivity contribution in [1.29, 1.82) is 0 Å². The fourth-order valence-electron chi connectivity index (χ4n) is 5.13. The average molecular weight is 513 g/mol. The van der Waals surface area contributed by atoms with Crippen LogP contribution >= 0.6 is 23.4 Å². The van der Waals surface area contributed by atoms with Crippen LogP contribution in [0, 0.1) is 18.7 Å². The topological polar surface area (TPSA) is 73.4 Å². The lowest BCUT2D eigenvalue weighted by Crippen LogP contribution is -2.61. The second kappa shape index (κ2) is 8.58. The molecule has 182 valence electrons. The van der Waals surface area contributed by atoms with E-state index in [1.54, 1.807) is 6.20 Å². The lowest BCUT2D eigenvalue weighted by Gasteiger charge is -2.51. The molecule has 3 aliphatic heterocycles. The Labute approximate surface area is 204 Å². The molecule has 1 aromatic carbocycles. The summed E-state index contributed by atoms with van der Waals surface area (Å²) in [6, 6.07) is 4.15. The third kappa shape index (κ3) is 4.04. The number of likely N-dealkylation sites (tertiary alicyclic amines) is 1. The zero-order valence-electron chi connectivity index (χ0n) is 18.4. The SMILES string of the molecule is Cc1nn(-c2c(F)cccc2C(N)=O)cc1CN1CCC2(CC1)OCC(F)(F)C1C=C(Cl)SC12. The number of allylic oxidation sites excluding steroid dienone is 1. The van der Waals surface area contributed by atoms with Crippen molar-refractivity contribution >= 4 is 29.3 Å². The molecule has 4 heterocycles. The standard InChI is InChI=1S/C23H24ClF3N4O2S/c1-13-14(11-31(29-13)19-15(21(28)32)3-2-4-17(19)25)10-30-7-5-22(6-8-30)20-16(9-18(24)34-20)23(26,27)12-33-22/h2-4,9,11,16,20H,5-8,10,12H2,1H3,(H2,28,32). The molecule has 0 aliphatic carbocycles. The molecule has 2 N–H and O–H groups in total. The lowest BCUT2D eigenvalue weighted by atomic mass is 9.77. The Morgan fingerprint density at radius 3 is 2.79 bits per heavy atom. The second-order valence-corrected chi connectivity index (χ2v) is 10.9. The van der Waals surface area contributed by atoms with E-state index in [2.05, 4.69) is 10.00 Å². The fraction of sp³-hybridized carbons (Fsp3) is 0.478. The molecule has 3 aliphatic rings. The van der Waals surface area contributed by atoms with Crippen LogP contribution in [0.3, 0.4) is 0 Å². The van der Waals surface area contributed by atoms with Crippen LogP contribution < -0.4 is 5.73 Å². The molecule has 2 saturated heterocycles. The van der Waals surface area contributed by atoms with Crippen molar-refractivity contribution in [3.8, 4) is 5.69 Å². The summed E-state index contributed by atoms with van der Waals surface area (Å²) in [7, 11) is 0. The third-order valence-electron chi connectivity index (χ3n) is 7.01. The molecule has 2 atom stereocenters. The average Bonchev–Trinajstić information content (AvgIpc) is 3.36. The van der Waals surface area contributed by atoms with Crippen molar-refractivity contribution in [3.63, 3.8) is 0 Å². The molecule has 1 amide bonds. The van der Waals surface area contributed by atoms with Gasteiger partial charge in [-0.3, -0.25) is 9.69 Å². The van der Waals surface area contributed by atoms with Gasteiger partial charge in [-0.1, -0.05) is 17.7 Å². The van der Waals surface area contributed by atoms with E-state index in [1.807, 2.05) is 6.92 Å². The predicted molar refractivity (Wildman–Crippen MR) is 124 cm³/mol. The van der Waals surface area contributed by atoms with Crippen molar-refractivity contribution in [2.45, 2.75) is 43.1 Å². The van der Waals surface area contributed by atoms with E-state index in [9.17, 15) is 18.0 Å². The van der Waals surface area contributed by atoms with Gasteiger partial charge in [0.05, 0.1) is 32.4 Å². The van der Waals surface area contributed by atoms with Gasteiger partial charge in [0, 0.05) is 31.4 Å². The van der Waals surface area contributed by atoms with Crippen LogP contribution in [0.15, 0.2) is 34.8 Å². The summed E-state index contributed by atoms with van der Waals surface area (Å²) in [4.78, 5) is 14.0. The van der Waals surface area contributed by atoms with Gasteiger partial charge in [-0.25, -0.2) is 17.9 Å². The Morgan fingerprint density at radius 1 is 1.35 bits per heavy atom. The first-order valence-corrected chi connectivity index (χ1v) is 12.3. The largest absolute Gasteiger partial charge is 0.367 e. The van der Waals surface area contributed by atoms with Gasteiger partial charge >= 0.3 is 0 Å². The number of benzene rings is 1. The number of fused-ring (bicyclic) bond motifs is 2. The number of carbonyl (C=O) groups is 1. The molecule has 6 nitrogen and oxygen atoms in total. The van der Waals surface area contributed by atoms with Crippen LogP contribution in [0.1, 0.15) is 34.5 Å². The number of ether oxygens (including phenoxy) is 1. The number of hydrogen-bond donors (Lipinski definition) is 1. The molecule has 0 bridgehead atoms. The molecule has 11 heteroatoms. The number of amides is 1. The summed E-state index contributed by atoms with van der Waals surface area (Å²) in [5.41, 5.74) is 6.44. The van der Waals surface area contributed by atoms with Crippen molar-refractivity contribution in [3.05, 3.63) is 57.5 Å². The maximum atomic E-state index is 14.5. The van der Waals surface area contributed by atoms with Gasteiger partial charge in [0.25, 0.3) is 11.8 Å². The lowest BCUT2D eigenvalue weighted by molar-refractivity contribution is -0.215. The van der Waals surface area contributed by atoms with Gasteiger partial charge in [0.2, 0.25) is 0 Å². The predicted octanol–water partition coefficient (Wildman–Crippen LogP) is 4.23. The molecule has 2 unspecified atom stereocenters. The summed E-state index contributed by atoms with van der Waals surface area (Å²) in [6.07, 6.45) is 4.41. The Balaban J connectivity index is 1.31. The first kappa shape index (κ1) is 23.7. The number of aromatic nitrogens is 2. The minimum atomic E-state index is -2.92. The minimum Gasteiger partial charge on any atom is -0.367 e. The molecule has 0 saturated carbocycles. The van der Waals surface area contributed by atoms with Gasteiger partial charge in [-0.05, 0) is 38.0 Å². The van der Waals surface area contributed by atoms with E-state index in [0.29, 0.717) is 42.5 Å². The van der Waals surface area contributed by atoms with Crippen molar-refractivity contribution < 1.29 is 22.7 Å². The highest BCUT2D eigenvalue weighted by atomic mass is 35.5. The van der Waals surface area contributed by atoms with Gasteiger partial charge in [-0.15, -0.1) is 11.8 Å². The first-order valence-electron chi connectivity index (χ1n) is 11.0. The molecule has 5 rings (SSSR count). The number of hydrogen-bond acceptors (Lipinski definition) is 5. The number of piperidine rings is 1. The monoisotopic (exact) mass is 512 g/mol. The molecular weight excluding hydrogens is 489 g/mol. The summed E-state index contributed by atoms with van der Waals surface area (Å²) < 4.78 is 50.9. The number of aryl methyl sites for hydroxylation is 1. The molecule has 34 heavy (non-hydrogen) atoms. The molecule has 2 aromatic rings. The van der Waals surface area contributed by atoms with Crippen molar-refractivity contribution in [2.75, 3.05) is 19.7 Å². The third-order valence-corrected chi connectivity index (χ3v) is 8.74. The van der Waals surface area contributed by atoms with E-state index in [0.717, 1.165) is 5.56 Å². The van der Waals surface area contributed by atoms with E-state index in [4.69, 9.17) is 22.1 Å². The van der Waals surface area contributed by atoms with Gasteiger partial charge < -0.3 is 10.5 Å². The fourth-order valence-corrected chi connectivity index (χ4v) is 6.96. The number of rotatable bonds is 4. The Kier molecular flexibility index (Phi) is 5.99. The Morgan fingerprint density at radius 2 is 2.09 bits per heavy atom. The highest BCUT2D eigenvalue weighted by Gasteiger charge is 2.60. The number of primary amides is 1. The van der Waals surface area contributed by atoms with Crippen LogP contribution in [0.2, 0.25) is 0 Å². The number of nitrogens with two attached hydrogens (primary N) is 1. The summed E-state index contributed by atoms with van der Waals surface area (Å²) in [6.45, 7) is 3.10. The van der Waals surface area contributed by atoms with E-state index >= 15 is 0 Å². The van der Waals surface area contributed by atoms with E-state index in [1.165, 1.54) is 40.7 Å². The second-order valence-electron chi connectivity index (χ2n) is 9.11. The van der Waals surface area contributed by atoms with Crippen LogP contribution in [-0.4, -0.2) is 57.1 Å². The van der Waals surface area contributed by atoms with Crippen molar-refractivity contribution in [2.24, 2.45) is 11.7 Å². The number of alkyl halides is 2. The van der Waals surface area contributed by atoms with Gasteiger partial charge in [0.1, 0.15) is 18.1 Å². The zero-order chi connectivity index (χ0) is 24.3. The molecule has 2 fully saturated rings. The molecule has 1 aromatic heterocycles. The van der Waals surface area contributed by atoms with Crippen LogP contribution in [0.25, 0.3) is 5.69 Å². The zero-order valence-corrected chi connectivity index (χ0v) is 20.0. The number of nitrogens with zero attached hydrogens (tertiary/aromatic N) is 3. The summed E-state index contributed by atoms with van der Waals surface area (Å²) in [5.74, 6) is -5.15. The quantitative estimate of drug-likeness (QED) is 0.663. The maximum absolute atomic E-state index is 14.5. The Hall–Kier alpha value is -2.01. The first-order chi connectivity index (χ1) is 16.1. The number of halogens is 4. The molecule has 1 spiro atoms. The number of thioether (sulfide) groups is 1. The summed E-state index contributed by atoms with van der Waals surface area (Å²) >= 11 is 7.41. The highest BCUT2D eigenvalue weighted by Crippen LogP contribution is 2.56. The number of carbonyl (C=O) groups excluding carboxylic acids is 1. The van der Waals surface area contributed by atoms with E-state index < -0.39 is 41.0 Å². The van der Waals surface area contributed by atoms with E-state index in [-0.39, 0.29) is 11.3 Å². The normalized spacial score (nSPS) is 25.9. The van der Waals surface area contributed by atoms with Crippen molar-refractivity contribution in [1.82, 2.24) is 14.7 Å². The van der Waals surface area contributed by atoms with Crippen LogP contribution in [0.5, 0.6) is 0 Å². The van der Waals surface area contributed by atoms with Crippen LogP contribution in [-0.2, 0) is 11.3 Å². The Bertz CT molecular complexity index is 1160. The van der Waals surface area contributed by atoms with Gasteiger partial charge in [0.15, 0.2) is 0 Å². The maximum Gasteiger partial charge on any atom is 0.278 e. The minimum absolute atomic E-state index is 0.0205. The summed E-state index contributed by atoms with van der Waals surface area (Å²) in [5, 5.41) is 4.01. The van der Waals surface area contributed by atoms with Crippen LogP contribution in [0.4, 0.5) is 13.2 Å². The number of para-hydroxylation sites is 1. The molecule has 0 radical (unpaired) electrons. The molecular formula is C23H24ClF3N4O2S. The van der Waals surface area contributed by atoms with Gasteiger partial charge in [-0.2, -0.15) is 5.10 Å². The highest BCUT2D eigenvalue weighted by molar-refractivity contribution is 8.05.